The zero-order valence-corrected chi connectivity index (χ0v) is 11.4. The Morgan fingerprint density at radius 2 is 2.10 bits per heavy atom. The zero-order valence-electron chi connectivity index (χ0n) is 11.4. The first-order valence-corrected chi connectivity index (χ1v) is 6.30. The monoisotopic (exact) mass is 269 g/mol. The van der Waals surface area contributed by atoms with Crippen molar-refractivity contribution in [3.8, 4) is 0 Å². The Labute approximate surface area is 116 Å². The Kier molecular flexibility index (Phi) is 2.98. The Bertz CT molecular complexity index is 771. The number of nitrogens with zero attached hydrogens (tertiary/aromatic N) is 4. The molecular formula is C14H15N5O. The average molecular weight is 269 g/mol. The van der Waals surface area contributed by atoms with E-state index in [1.54, 1.807) is 18.6 Å². The SMILES string of the molecule is Cn1ccnc1CNC(=O)c1ccc2ncn(C)c2c1. The van der Waals surface area contributed by atoms with Crippen LogP contribution in [-0.4, -0.2) is 25.0 Å². The molecule has 0 atom stereocenters. The second-order valence-electron chi connectivity index (χ2n) is 4.70. The third-order valence-electron chi connectivity index (χ3n) is 3.32. The van der Waals surface area contributed by atoms with E-state index in [-0.39, 0.29) is 5.91 Å². The molecule has 0 bridgehead atoms. The number of carbonyl (C=O) groups is 1. The van der Waals surface area contributed by atoms with Crippen LogP contribution < -0.4 is 5.32 Å². The van der Waals surface area contributed by atoms with Crippen LogP contribution in [-0.2, 0) is 20.6 Å². The van der Waals surface area contributed by atoms with Crippen molar-refractivity contribution in [1.82, 2.24) is 24.4 Å². The van der Waals surface area contributed by atoms with Crippen LogP contribution in [0.25, 0.3) is 11.0 Å². The normalized spacial score (nSPS) is 10.9. The molecule has 0 unspecified atom stereocenters. The fraction of sp³-hybridized carbons (Fsp3) is 0.214. The summed E-state index contributed by atoms with van der Waals surface area (Å²) >= 11 is 0. The molecule has 20 heavy (non-hydrogen) atoms. The quantitative estimate of drug-likeness (QED) is 0.778. The number of imidazole rings is 2. The maximum Gasteiger partial charge on any atom is 0.251 e. The van der Waals surface area contributed by atoms with Gasteiger partial charge >= 0.3 is 0 Å². The molecule has 0 spiro atoms. The molecule has 0 aliphatic heterocycles. The second kappa shape index (κ2) is 4.80. The summed E-state index contributed by atoms with van der Waals surface area (Å²) in [5, 5.41) is 2.87. The molecule has 0 aliphatic rings. The van der Waals surface area contributed by atoms with Crippen molar-refractivity contribution in [3.63, 3.8) is 0 Å². The molecule has 1 aromatic carbocycles. The van der Waals surface area contributed by atoms with Crippen molar-refractivity contribution in [2.24, 2.45) is 14.1 Å². The van der Waals surface area contributed by atoms with Crippen molar-refractivity contribution in [2.75, 3.05) is 0 Å². The highest BCUT2D eigenvalue weighted by Gasteiger charge is 2.09. The maximum absolute atomic E-state index is 12.2. The van der Waals surface area contributed by atoms with Crippen LogP contribution in [0.5, 0.6) is 0 Å². The van der Waals surface area contributed by atoms with Gasteiger partial charge in [0.2, 0.25) is 0 Å². The van der Waals surface area contributed by atoms with Crippen molar-refractivity contribution in [2.45, 2.75) is 6.54 Å². The molecule has 0 aliphatic carbocycles. The molecule has 0 radical (unpaired) electrons. The van der Waals surface area contributed by atoms with Gasteiger partial charge in [-0.3, -0.25) is 4.79 Å². The lowest BCUT2D eigenvalue weighted by molar-refractivity contribution is 0.0949. The van der Waals surface area contributed by atoms with E-state index < -0.39 is 0 Å². The van der Waals surface area contributed by atoms with E-state index in [0.29, 0.717) is 12.1 Å². The van der Waals surface area contributed by atoms with Crippen LogP contribution >= 0.6 is 0 Å². The van der Waals surface area contributed by atoms with Crippen molar-refractivity contribution >= 4 is 16.9 Å². The molecule has 2 heterocycles. The fourth-order valence-electron chi connectivity index (χ4n) is 2.10. The van der Waals surface area contributed by atoms with Crippen LogP contribution in [0.2, 0.25) is 0 Å². The molecule has 0 fully saturated rings. The summed E-state index contributed by atoms with van der Waals surface area (Å²) in [7, 11) is 3.81. The standard InChI is InChI=1S/C14H15N5O/c1-18-6-5-15-13(18)8-16-14(20)10-3-4-11-12(7-10)19(2)9-17-11/h3-7,9H,8H2,1-2H3,(H,16,20). The lowest BCUT2D eigenvalue weighted by Gasteiger charge is -2.06. The minimum Gasteiger partial charge on any atom is -0.345 e. The number of hydrogen-bond donors (Lipinski definition) is 1. The Balaban J connectivity index is 1.78. The first kappa shape index (κ1) is 12.4. The first-order valence-electron chi connectivity index (χ1n) is 6.30. The summed E-state index contributed by atoms with van der Waals surface area (Å²) in [6, 6.07) is 5.48. The van der Waals surface area contributed by atoms with E-state index in [9.17, 15) is 4.79 Å². The van der Waals surface area contributed by atoms with Crippen LogP contribution in [0, 0.1) is 0 Å². The van der Waals surface area contributed by atoms with Gasteiger partial charge in [0.25, 0.3) is 5.91 Å². The van der Waals surface area contributed by atoms with Crippen LogP contribution in [0.3, 0.4) is 0 Å². The predicted molar refractivity (Wildman–Crippen MR) is 75.1 cm³/mol. The predicted octanol–water partition coefficient (Wildman–Crippen LogP) is 1.24. The summed E-state index contributed by atoms with van der Waals surface area (Å²) in [6.45, 7) is 0.408. The van der Waals surface area contributed by atoms with Gasteiger partial charge in [-0.05, 0) is 18.2 Å². The number of amides is 1. The Hall–Kier alpha value is -2.63. The highest BCUT2D eigenvalue weighted by molar-refractivity contribution is 5.97. The Morgan fingerprint density at radius 3 is 2.85 bits per heavy atom. The second-order valence-corrected chi connectivity index (χ2v) is 4.70. The highest BCUT2D eigenvalue weighted by Crippen LogP contribution is 2.13. The van der Waals surface area contributed by atoms with Crippen LogP contribution in [0.4, 0.5) is 0 Å². The summed E-state index contributed by atoms with van der Waals surface area (Å²) in [6.07, 6.45) is 5.30. The number of aryl methyl sites for hydroxylation is 2. The molecule has 2 aromatic heterocycles. The van der Waals surface area contributed by atoms with Gasteiger partial charge in [-0.2, -0.15) is 0 Å². The lowest BCUT2D eigenvalue weighted by atomic mass is 10.2. The molecule has 102 valence electrons. The summed E-state index contributed by atoms with van der Waals surface area (Å²) < 4.78 is 3.77. The van der Waals surface area contributed by atoms with Gasteiger partial charge in [0.1, 0.15) is 5.82 Å². The third-order valence-corrected chi connectivity index (χ3v) is 3.32. The lowest BCUT2D eigenvalue weighted by Crippen LogP contribution is -2.24. The number of rotatable bonds is 3. The molecule has 1 amide bonds. The van der Waals surface area contributed by atoms with Crippen molar-refractivity contribution in [3.05, 3.63) is 48.3 Å². The van der Waals surface area contributed by atoms with Crippen LogP contribution in [0.15, 0.2) is 36.9 Å². The smallest absolute Gasteiger partial charge is 0.251 e. The average Bonchev–Trinajstić information content (AvgIpc) is 3.03. The number of carbonyl (C=O) groups excluding carboxylic acids is 1. The summed E-state index contributed by atoms with van der Waals surface area (Å²) in [5.74, 6) is 0.705. The van der Waals surface area contributed by atoms with Gasteiger partial charge in [0.15, 0.2) is 0 Å². The highest BCUT2D eigenvalue weighted by atomic mass is 16.1. The molecular weight excluding hydrogens is 254 g/mol. The van der Waals surface area contributed by atoms with Gasteiger partial charge in [-0.25, -0.2) is 9.97 Å². The topological polar surface area (TPSA) is 64.7 Å². The first-order chi connectivity index (χ1) is 9.65. The van der Waals surface area contributed by atoms with Gasteiger partial charge in [-0.1, -0.05) is 0 Å². The van der Waals surface area contributed by atoms with E-state index in [4.69, 9.17) is 0 Å². The van der Waals surface area contributed by atoms with Crippen LogP contribution in [0.1, 0.15) is 16.2 Å². The van der Waals surface area contributed by atoms with Gasteiger partial charge in [0.05, 0.1) is 23.9 Å². The van der Waals surface area contributed by atoms with E-state index >= 15 is 0 Å². The molecule has 0 saturated carbocycles. The Morgan fingerprint density at radius 1 is 1.25 bits per heavy atom. The largest absolute Gasteiger partial charge is 0.345 e. The number of benzene rings is 1. The van der Waals surface area contributed by atoms with Gasteiger partial charge < -0.3 is 14.5 Å². The number of fused-ring (bicyclic) bond motifs is 1. The molecule has 1 N–H and O–H groups in total. The molecule has 6 nitrogen and oxygen atoms in total. The summed E-state index contributed by atoms with van der Waals surface area (Å²) in [4.78, 5) is 20.6. The molecule has 3 rings (SSSR count). The summed E-state index contributed by atoms with van der Waals surface area (Å²) in [5.41, 5.74) is 2.44. The van der Waals surface area contributed by atoms with Gasteiger partial charge in [-0.15, -0.1) is 0 Å². The molecule has 0 saturated heterocycles. The number of hydrogen-bond acceptors (Lipinski definition) is 3. The minimum absolute atomic E-state index is 0.115. The van der Waals surface area contributed by atoms with Crippen molar-refractivity contribution < 1.29 is 4.79 Å². The van der Waals surface area contributed by atoms with E-state index in [1.165, 1.54) is 0 Å². The zero-order chi connectivity index (χ0) is 14.1. The third kappa shape index (κ3) is 2.16. The minimum atomic E-state index is -0.115. The number of aromatic nitrogens is 4. The van der Waals surface area contributed by atoms with E-state index in [1.807, 2.05) is 41.6 Å². The number of nitrogens with one attached hydrogen (secondary N) is 1. The van der Waals surface area contributed by atoms with Crippen molar-refractivity contribution in [1.29, 1.82) is 0 Å². The van der Waals surface area contributed by atoms with Gasteiger partial charge in [0, 0.05) is 32.1 Å². The molecule has 6 heteroatoms. The molecule has 3 aromatic rings. The fourth-order valence-corrected chi connectivity index (χ4v) is 2.10. The van der Waals surface area contributed by atoms with E-state index in [2.05, 4.69) is 15.3 Å². The van der Waals surface area contributed by atoms with E-state index in [0.717, 1.165) is 16.9 Å². The maximum atomic E-state index is 12.2.